The standard InChI is InChI=1S/C31H38O10/c1-3-27(32)37-17-19-39-29(34)23-13-9-21(10-14-23)22-11-15-24(16-12-22)30(35)41-26-8-6-5-7-25(26)31(36)40-20-18-38-28(33)4-2/h3-8,21-24H,1-2,9-20H2. The summed E-state index contributed by atoms with van der Waals surface area (Å²) in [6, 6.07) is 6.38. The van der Waals surface area contributed by atoms with Crippen LogP contribution in [0.5, 0.6) is 5.75 Å². The van der Waals surface area contributed by atoms with Crippen molar-refractivity contribution in [3.05, 3.63) is 55.1 Å². The maximum Gasteiger partial charge on any atom is 0.342 e. The molecule has 0 unspecified atom stereocenters. The Balaban J connectivity index is 1.39. The number of hydrogen-bond acceptors (Lipinski definition) is 10. The lowest BCUT2D eigenvalue weighted by Gasteiger charge is -2.36. The first-order chi connectivity index (χ1) is 19.8. The third kappa shape index (κ3) is 9.88. The second kappa shape index (κ2) is 16.3. The summed E-state index contributed by atoms with van der Waals surface area (Å²) in [5.41, 5.74) is 0.123. The molecule has 0 aromatic heterocycles. The topological polar surface area (TPSA) is 132 Å². The molecule has 10 heteroatoms. The molecule has 2 aliphatic carbocycles. The highest BCUT2D eigenvalue weighted by atomic mass is 16.6. The lowest BCUT2D eigenvalue weighted by Crippen LogP contribution is -2.32. The highest BCUT2D eigenvalue weighted by Gasteiger charge is 2.35. The average molecular weight is 571 g/mol. The number of hydrogen-bond donors (Lipinski definition) is 0. The highest BCUT2D eigenvalue weighted by Crippen LogP contribution is 2.42. The third-order valence-corrected chi connectivity index (χ3v) is 7.66. The molecular weight excluding hydrogens is 532 g/mol. The number of benzene rings is 1. The van der Waals surface area contributed by atoms with Gasteiger partial charge in [0.1, 0.15) is 37.7 Å². The van der Waals surface area contributed by atoms with Crippen molar-refractivity contribution in [3.8, 4) is 5.75 Å². The molecule has 1 aromatic carbocycles. The molecule has 0 spiro atoms. The number of esters is 5. The molecule has 2 saturated carbocycles. The summed E-state index contributed by atoms with van der Waals surface area (Å²) >= 11 is 0. The van der Waals surface area contributed by atoms with E-state index >= 15 is 0 Å². The number of ether oxygens (including phenoxy) is 5. The van der Waals surface area contributed by atoms with Gasteiger partial charge in [-0.05, 0) is 75.3 Å². The van der Waals surface area contributed by atoms with Gasteiger partial charge in [-0.1, -0.05) is 25.3 Å². The molecule has 10 nitrogen and oxygen atoms in total. The minimum Gasteiger partial charge on any atom is -0.462 e. The van der Waals surface area contributed by atoms with Gasteiger partial charge in [0.2, 0.25) is 0 Å². The molecule has 0 aliphatic heterocycles. The monoisotopic (exact) mass is 570 g/mol. The molecule has 0 radical (unpaired) electrons. The Bertz CT molecular complexity index is 1090. The Labute approximate surface area is 240 Å². The van der Waals surface area contributed by atoms with E-state index in [0.29, 0.717) is 24.7 Å². The molecule has 0 heterocycles. The molecule has 2 fully saturated rings. The molecule has 0 atom stereocenters. The van der Waals surface area contributed by atoms with Crippen LogP contribution in [0.2, 0.25) is 0 Å². The normalized spacial score (nSPS) is 22.0. The second-order valence-corrected chi connectivity index (χ2v) is 10.2. The Morgan fingerprint density at radius 3 is 1.63 bits per heavy atom. The molecule has 0 N–H and O–H groups in total. The summed E-state index contributed by atoms with van der Waals surface area (Å²) < 4.78 is 25.6. The average Bonchev–Trinajstić information content (AvgIpc) is 3.01. The molecule has 222 valence electrons. The van der Waals surface area contributed by atoms with Gasteiger partial charge in [0.15, 0.2) is 0 Å². The van der Waals surface area contributed by atoms with Crippen molar-refractivity contribution in [2.24, 2.45) is 23.7 Å². The first-order valence-electron chi connectivity index (χ1n) is 14.0. The van der Waals surface area contributed by atoms with Gasteiger partial charge in [0.05, 0.1) is 11.8 Å². The van der Waals surface area contributed by atoms with Crippen molar-refractivity contribution in [3.63, 3.8) is 0 Å². The SMILES string of the molecule is C=CC(=O)OCCOC(=O)c1ccccc1OC(=O)C1CCC(C2CCC(C(=O)OCCOC(=O)C=C)CC2)CC1. The van der Waals surface area contributed by atoms with Crippen molar-refractivity contribution in [1.82, 2.24) is 0 Å². The summed E-state index contributed by atoms with van der Waals surface area (Å²) in [6.45, 7) is 6.42. The maximum absolute atomic E-state index is 12.9. The van der Waals surface area contributed by atoms with Gasteiger partial charge in [0, 0.05) is 12.2 Å². The number of para-hydroxylation sites is 1. The van der Waals surface area contributed by atoms with E-state index in [1.807, 2.05) is 0 Å². The zero-order valence-electron chi connectivity index (χ0n) is 23.3. The third-order valence-electron chi connectivity index (χ3n) is 7.66. The first-order valence-corrected chi connectivity index (χ1v) is 14.0. The van der Waals surface area contributed by atoms with Crippen LogP contribution in [0, 0.1) is 23.7 Å². The van der Waals surface area contributed by atoms with E-state index in [1.54, 1.807) is 18.2 Å². The molecule has 1 aromatic rings. The first kappa shape index (κ1) is 31.6. The van der Waals surface area contributed by atoms with Crippen molar-refractivity contribution in [2.45, 2.75) is 51.4 Å². The van der Waals surface area contributed by atoms with E-state index in [-0.39, 0.29) is 61.5 Å². The number of carbonyl (C=O) groups excluding carboxylic acids is 5. The van der Waals surface area contributed by atoms with Gasteiger partial charge in [0.25, 0.3) is 0 Å². The fourth-order valence-corrected chi connectivity index (χ4v) is 5.44. The quantitative estimate of drug-likeness (QED) is 0.111. The Kier molecular flexibility index (Phi) is 12.6. The summed E-state index contributed by atoms with van der Waals surface area (Å²) in [7, 11) is 0. The van der Waals surface area contributed by atoms with E-state index in [4.69, 9.17) is 23.7 Å². The van der Waals surface area contributed by atoms with E-state index in [1.165, 1.54) is 6.07 Å². The van der Waals surface area contributed by atoms with Gasteiger partial charge in [-0.3, -0.25) is 9.59 Å². The number of rotatable bonds is 13. The lowest BCUT2D eigenvalue weighted by molar-refractivity contribution is -0.154. The molecule has 0 bridgehead atoms. The highest BCUT2D eigenvalue weighted by molar-refractivity contribution is 5.93. The predicted octanol–water partition coefficient (Wildman–Crippen LogP) is 4.36. The van der Waals surface area contributed by atoms with Crippen LogP contribution in [-0.2, 0) is 38.1 Å². The van der Waals surface area contributed by atoms with Crippen molar-refractivity contribution < 1.29 is 47.7 Å². The van der Waals surface area contributed by atoms with Gasteiger partial charge in [-0.25, -0.2) is 14.4 Å². The van der Waals surface area contributed by atoms with Crippen molar-refractivity contribution >= 4 is 29.8 Å². The summed E-state index contributed by atoms with van der Waals surface area (Å²) in [5, 5.41) is 0. The molecule has 3 rings (SSSR count). The second-order valence-electron chi connectivity index (χ2n) is 10.2. The largest absolute Gasteiger partial charge is 0.462 e. The van der Waals surface area contributed by atoms with E-state index in [0.717, 1.165) is 50.7 Å². The minimum atomic E-state index is -0.678. The molecule has 0 saturated heterocycles. The Morgan fingerprint density at radius 2 is 1.10 bits per heavy atom. The van der Waals surface area contributed by atoms with Gasteiger partial charge < -0.3 is 23.7 Å². The number of carbonyl (C=O) groups is 5. The molecule has 2 aliphatic rings. The van der Waals surface area contributed by atoms with Crippen LogP contribution in [0.4, 0.5) is 0 Å². The van der Waals surface area contributed by atoms with Crippen molar-refractivity contribution in [2.75, 3.05) is 26.4 Å². The van der Waals surface area contributed by atoms with Crippen LogP contribution in [0.25, 0.3) is 0 Å². The summed E-state index contributed by atoms with van der Waals surface area (Å²) in [6.07, 6.45) is 8.71. The zero-order chi connectivity index (χ0) is 29.6. The summed E-state index contributed by atoms with van der Waals surface area (Å²) in [5.74, 6) is -1.71. The van der Waals surface area contributed by atoms with Crippen molar-refractivity contribution in [1.29, 1.82) is 0 Å². The zero-order valence-corrected chi connectivity index (χ0v) is 23.3. The minimum absolute atomic E-state index is 0.0162. The molecule has 41 heavy (non-hydrogen) atoms. The van der Waals surface area contributed by atoms with Gasteiger partial charge >= 0.3 is 29.8 Å². The van der Waals surface area contributed by atoms with Crippen LogP contribution in [0.1, 0.15) is 61.7 Å². The lowest BCUT2D eigenvalue weighted by atomic mass is 9.69. The van der Waals surface area contributed by atoms with Crippen LogP contribution in [0.15, 0.2) is 49.6 Å². The summed E-state index contributed by atoms with van der Waals surface area (Å²) in [4.78, 5) is 59.9. The Hall–Kier alpha value is -3.95. The smallest absolute Gasteiger partial charge is 0.342 e. The Morgan fingerprint density at radius 1 is 0.634 bits per heavy atom. The molecular formula is C31H38O10. The van der Waals surface area contributed by atoms with Crippen LogP contribution < -0.4 is 4.74 Å². The van der Waals surface area contributed by atoms with Gasteiger partial charge in [-0.15, -0.1) is 0 Å². The molecule has 0 amide bonds. The van der Waals surface area contributed by atoms with Gasteiger partial charge in [-0.2, -0.15) is 0 Å². The van der Waals surface area contributed by atoms with Crippen LogP contribution >= 0.6 is 0 Å². The fourth-order valence-electron chi connectivity index (χ4n) is 5.44. The van der Waals surface area contributed by atoms with Crippen LogP contribution in [0.3, 0.4) is 0 Å². The maximum atomic E-state index is 12.9. The van der Waals surface area contributed by atoms with Crippen LogP contribution in [-0.4, -0.2) is 56.3 Å². The van der Waals surface area contributed by atoms with E-state index in [9.17, 15) is 24.0 Å². The predicted molar refractivity (Wildman–Crippen MR) is 147 cm³/mol. The van der Waals surface area contributed by atoms with E-state index in [2.05, 4.69) is 13.2 Å². The van der Waals surface area contributed by atoms with E-state index < -0.39 is 17.9 Å². The fraction of sp³-hybridized carbons (Fsp3) is 0.516.